The molecule has 1 aliphatic rings. The van der Waals surface area contributed by atoms with Gasteiger partial charge in [-0.2, -0.15) is 0 Å². The zero-order valence-electron chi connectivity index (χ0n) is 23.8. The average molecular weight is 579 g/mol. The Labute approximate surface area is 244 Å². The number of ether oxygens (including phenoxy) is 1. The molecule has 3 aromatic rings. The SMILES string of the molecule is CC(C)(C)NC(=O)c1cccc(Oc2ccc(Nc3ncnc4c3C=C(C(=O)NC(C)(C)CO)CCN4)cc2Cl)c1. The van der Waals surface area contributed by atoms with Crippen LogP contribution in [0.1, 0.15) is 57.0 Å². The van der Waals surface area contributed by atoms with Gasteiger partial charge in [0.15, 0.2) is 0 Å². The van der Waals surface area contributed by atoms with E-state index >= 15 is 0 Å². The summed E-state index contributed by atoms with van der Waals surface area (Å²) in [6.45, 7) is 9.59. The Morgan fingerprint density at radius 1 is 1.05 bits per heavy atom. The molecule has 1 aromatic heterocycles. The monoisotopic (exact) mass is 578 g/mol. The van der Waals surface area contributed by atoms with E-state index in [2.05, 4.69) is 31.2 Å². The van der Waals surface area contributed by atoms with Crippen LogP contribution in [0.5, 0.6) is 11.5 Å². The molecule has 0 spiro atoms. The van der Waals surface area contributed by atoms with Crippen LogP contribution in [0.2, 0.25) is 5.02 Å². The summed E-state index contributed by atoms with van der Waals surface area (Å²) in [6.07, 6.45) is 3.66. The maximum atomic E-state index is 12.9. The first-order chi connectivity index (χ1) is 19.3. The van der Waals surface area contributed by atoms with Crippen LogP contribution in [0.4, 0.5) is 17.3 Å². The van der Waals surface area contributed by atoms with Crippen molar-refractivity contribution < 1.29 is 19.4 Å². The van der Waals surface area contributed by atoms with E-state index in [0.717, 1.165) is 0 Å². The van der Waals surface area contributed by atoms with Crippen molar-refractivity contribution in [2.75, 3.05) is 23.8 Å². The van der Waals surface area contributed by atoms with Crippen molar-refractivity contribution in [3.8, 4) is 11.5 Å². The minimum absolute atomic E-state index is 0.185. The number of aliphatic hydroxyl groups excluding tert-OH is 1. The smallest absolute Gasteiger partial charge is 0.251 e. The molecule has 0 bridgehead atoms. The van der Waals surface area contributed by atoms with Gasteiger partial charge in [-0.15, -0.1) is 0 Å². The number of aliphatic hydroxyl groups is 1. The van der Waals surface area contributed by atoms with E-state index in [4.69, 9.17) is 16.3 Å². The van der Waals surface area contributed by atoms with Gasteiger partial charge in [0, 0.05) is 28.9 Å². The lowest BCUT2D eigenvalue weighted by atomic mass is 10.0. The van der Waals surface area contributed by atoms with E-state index in [1.54, 1.807) is 62.4 Å². The average Bonchev–Trinajstić information content (AvgIpc) is 3.13. The van der Waals surface area contributed by atoms with E-state index in [1.165, 1.54) is 6.33 Å². The summed E-state index contributed by atoms with van der Waals surface area (Å²) in [5.74, 6) is 1.50. The number of hydrogen-bond donors (Lipinski definition) is 5. The summed E-state index contributed by atoms with van der Waals surface area (Å²) in [4.78, 5) is 34.2. The molecule has 0 atom stereocenters. The molecule has 0 radical (unpaired) electrons. The van der Waals surface area contributed by atoms with Gasteiger partial charge in [-0.1, -0.05) is 17.7 Å². The number of nitrogens with one attached hydrogen (secondary N) is 4. The quantitative estimate of drug-likeness (QED) is 0.243. The molecular formula is C30H35ClN6O4. The molecule has 5 N–H and O–H groups in total. The number of benzene rings is 2. The number of fused-ring (bicyclic) bond motifs is 1. The van der Waals surface area contributed by atoms with Gasteiger partial charge in [0.25, 0.3) is 5.91 Å². The van der Waals surface area contributed by atoms with E-state index in [-0.39, 0.29) is 24.0 Å². The minimum atomic E-state index is -0.754. The van der Waals surface area contributed by atoms with Gasteiger partial charge in [0.05, 0.1) is 22.7 Å². The van der Waals surface area contributed by atoms with Crippen LogP contribution in [-0.4, -0.2) is 51.1 Å². The van der Waals surface area contributed by atoms with Crippen molar-refractivity contribution in [2.24, 2.45) is 0 Å². The predicted molar refractivity (Wildman–Crippen MR) is 161 cm³/mol. The molecule has 0 fully saturated rings. The fraction of sp³-hybridized carbons (Fsp3) is 0.333. The predicted octanol–water partition coefficient (Wildman–Crippen LogP) is 5.28. The highest BCUT2D eigenvalue weighted by atomic mass is 35.5. The van der Waals surface area contributed by atoms with Crippen LogP contribution in [0.25, 0.3) is 6.08 Å². The summed E-state index contributed by atoms with van der Waals surface area (Å²) in [5, 5.41) is 22.2. The first kappa shape index (κ1) is 29.8. The fourth-order valence-corrected chi connectivity index (χ4v) is 4.20. The molecule has 41 heavy (non-hydrogen) atoms. The molecule has 0 unspecified atom stereocenters. The number of carbonyl (C=O) groups is 2. The van der Waals surface area contributed by atoms with Crippen LogP contribution in [-0.2, 0) is 4.79 Å². The molecule has 1 aliphatic heterocycles. The van der Waals surface area contributed by atoms with Crippen LogP contribution >= 0.6 is 11.6 Å². The number of halogens is 1. The van der Waals surface area contributed by atoms with Gasteiger partial charge in [-0.05, 0) is 83.5 Å². The lowest BCUT2D eigenvalue weighted by molar-refractivity contribution is -0.119. The largest absolute Gasteiger partial charge is 0.456 e. The third-order valence-electron chi connectivity index (χ3n) is 6.04. The molecule has 10 nitrogen and oxygen atoms in total. The summed E-state index contributed by atoms with van der Waals surface area (Å²) >= 11 is 6.57. The van der Waals surface area contributed by atoms with E-state index in [0.29, 0.717) is 63.5 Å². The third-order valence-corrected chi connectivity index (χ3v) is 6.33. The van der Waals surface area contributed by atoms with Crippen molar-refractivity contribution >= 4 is 46.8 Å². The van der Waals surface area contributed by atoms with Crippen molar-refractivity contribution in [2.45, 2.75) is 52.1 Å². The Kier molecular flexibility index (Phi) is 8.84. The number of amides is 2. The van der Waals surface area contributed by atoms with Gasteiger partial charge < -0.3 is 31.1 Å². The Morgan fingerprint density at radius 2 is 1.83 bits per heavy atom. The number of anilines is 3. The number of rotatable bonds is 8. The van der Waals surface area contributed by atoms with Crippen LogP contribution in [0, 0.1) is 0 Å². The van der Waals surface area contributed by atoms with E-state index in [9.17, 15) is 14.7 Å². The summed E-state index contributed by atoms with van der Waals surface area (Å²) in [7, 11) is 0. The molecular weight excluding hydrogens is 544 g/mol. The van der Waals surface area contributed by atoms with Crippen LogP contribution in [0.3, 0.4) is 0 Å². The van der Waals surface area contributed by atoms with Gasteiger partial charge >= 0.3 is 0 Å². The number of aromatic nitrogens is 2. The molecule has 4 rings (SSSR count). The highest BCUT2D eigenvalue weighted by Gasteiger charge is 2.24. The van der Waals surface area contributed by atoms with Crippen molar-refractivity contribution in [3.05, 3.63) is 70.5 Å². The topological polar surface area (TPSA) is 138 Å². The standard InChI is InChI=1S/C30H35ClN6O4/c1-29(2,3)36-27(39)18-7-6-8-21(13-18)41-24-10-9-20(15-23(24)31)35-26-22-14-19(28(40)37-30(4,5)16-38)11-12-32-25(22)33-17-34-26/h6-10,13-15,17,38H,11-12,16H2,1-5H3,(H,36,39)(H,37,40)(H2,32,33,34,35). The molecule has 11 heteroatoms. The van der Waals surface area contributed by atoms with Crippen molar-refractivity contribution in [3.63, 3.8) is 0 Å². The Hall–Kier alpha value is -4.15. The lowest BCUT2D eigenvalue weighted by Crippen LogP contribution is -2.46. The second-order valence-electron chi connectivity index (χ2n) is 11.4. The highest BCUT2D eigenvalue weighted by Crippen LogP contribution is 2.34. The maximum Gasteiger partial charge on any atom is 0.251 e. The molecule has 2 amide bonds. The molecule has 0 saturated carbocycles. The van der Waals surface area contributed by atoms with Gasteiger partial charge in [0.1, 0.15) is 29.5 Å². The minimum Gasteiger partial charge on any atom is -0.456 e. The maximum absolute atomic E-state index is 12.9. The third kappa shape index (κ3) is 7.96. The number of carbonyl (C=O) groups excluding carboxylic acids is 2. The zero-order chi connectivity index (χ0) is 29.8. The fourth-order valence-electron chi connectivity index (χ4n) is 3.98. The molecule has 0 aliphatic carbocycles. The molecule has 2 aromatic carbocycles. The van der Waals surface area contributed by atoms with Gasteiger partial charge in [-0.3, -0.25) is 9.59 Å². The van der Waals surface area contributed by atoms with Crippen LogP contribution < -0.4 is 26.0 Å². The van der Waals surface area contributed by atoms with E-state index in [1.807, 2.05) is 20.8 Å². The zero-order valence-corrected chi connectivity index (χ0v) is 24.5. The number of hydrogen-bond acceptors (Lipinski definition) is 8. The summed E-state index contributed by atoms with van der Waals surface area (Å²) < 4.78 is 5.98. The summed E-state index contributed by atoms with van der Waals surface area (Å²) in [6, 6.07) is 12.1. The Morgan fingerprint density at radius 3 is 2.54 bits per heavy atom. The summed E-state index contributed by atoms with van der Waals surface area (Å²) in [5.41, 5.74) is 1.17. The Balaban J connectivity index is 1.53. The van der Waals surface area contributed by atoms with Gasteiger partial charge in [0.2, 0.25) is 5.91 Å². The van der Waals surface area contributed by atoms with Crippen molar-refractivity contribution in [1.82, 2.24) is 20.6 Å². The first-order valence-corrected chi connectivity index (χ1v) is 13.6. The Bertz CT molecular complexity index is 1480. The van der Waals surface area contributed by atoms with Crippen LogP contribution in [0.15, 0.2) is 54.4 Å². The van der Waals surface area contributed by atoms with Gasteiger partial charge in [-0.25, -0.2) is 9.97 Å². The first-order valence-electron chi connectivity index (χ1n) is 13.2. The number of nitrogens with zero attached hydrogens (tertiary/aromatic N) is 2. The second kappa shape index (κ2) is 12.2. The molecule has 2 heterocycles. The van der Waals surface area contributed by atoms with Crippen molar-refractivity contribution in [1.29, 1.82) is 0 Å². The van der Waals surface area contributed by atoms with E-state index < -0.39 is 5.54 Å². The second-order valence-corrected chi connectivity index (χ2v) is 11.8. The normalized spacial score (nSPS) is 13.2. The molecule has 216 valence electrons. The highest BCUT2D eigenvalue weighted by molar-refractivity contribution is 6.32. The lowest BCUT2D eigenvalue weighted by Gasteiger charge is -2.24. The molecule has 0 saturated heterocycles.